The second kappa shape index (κ2) is 5.51. The summed E-state index contributed by atoms with van der Waals surface area (Å²) < 4.78 is 0. The molecule has 0 aromatic rings. The summed E-state index contributed by atoms with van der Waals surface area (Å²) >= 11 is 0. The fraction of sp³-hybridized carbons (Fsp3) is 1.00. The number of likely N-dealkylation sites (N-methyl/N-ethyl adjacent to an activating group) is 1. The van der Waals surface area contributed by atoms with Crippen molar-refractivity contribution in [1.29, 1.82) is 0 Å². The van der Waals surface area contributed by atoms with Crippen LogP contribution in [0, 0.1) is 0 Å². The van der Waals surface area contributed by atoms with Gasteiger partial charge in [-0.05, 0) is 25.9 Å². The molecule has 0 aromatic heterocycles. The van der Waals surface area contributed by atoms with Crippen LogP contribution in [0.25, 0.3) is 0 Å². The normalized spacial score (nSPS) is 25.0. The molecule has 12 heavy (non-hydrogen) atoms. The van der Waals surface area contributed by atoms with Gasteiger partial charge < -0.3 is 11.1 Å². The molecule has 0 saturated carbocycles. The first-order valence-electron chi connectivity index (χ1n) is 5.03. The molecule has 3 heteroatoms. The fourth-order valence-corrected chi connectivity index (χ4v) is 1.91. The first-order chi connectivity index (χ1) is 5.88. The summed E-state index contributed by atoms with van der Waals surface area (Å²) in [5, 5.41) is 3.37. The lowest BCUT2D eigenvalue weighted by Crippen LogP contribution is -2.39. The van der Waals surface area contributed by atoms with Gasteiger partial charge in [0.25, 0.3) is 0 Å². The highest BCUT2D eigenvalue weighted by molar-refractivity contribution is 4.79. The minimum absolute atomic E-state index is 0.749. The Morgan fingerprint density at radius 3 is 3.08 bits per heavy atom. The van der Waals surface area contributed by atoms with Crippen LogP contribution in [0.4, 0.5) is 0 Å². The van der Waals surface area contributed by atoms with E-state index in [1.54, 1.807) is 0 Å². The minimum atomic E-state index is 0.749. The van der Waals surface area contributed by atoms with Crippen molar-refractivity contribution in [3.05, 3.63) is 0 Å². The molecule has 0 amide bonds. The van der Waals surface area contributed by atoms with Gasteiger partial charge in [0.05, 0.1) is 0 Å². The SMILES string of the molecule is CCN1CCC[C@H]1CNCCN. The van der Waals surface area contributed by atoms with Gasteiger partial charge >= 0.3 is 0 Å². The zero-order chi connectivity index (χ0) is 8.81. The van der Waals surface area contributed by atoms with Crippen LogP contribution in [-0.2, 0) is 0 Å². The number of nitrogens with one attached hydrogen (secondary N) is 1. The zero-order valence-corrected chi connectivity index (χ0v) is 8.05. The Hall–Kier alpha value is -0.120. The summed E-state index contributed by atoms with van der Waals surface area (Å²) in [6, 6.07) is 0.765. The van der Waals surface area contributed by atoms with E-state index in [1.807, 2.05) is 0 Å². The Labute approximate surface area is 75.3 Å². The molecule has 72 valence electrons. The number of nitrogens with two attached hydrogens (primary N) is 1. The third-order valence-electron chi connectivity index (χ3n) is 2.61. The Morgan fingerprint density at radius 1 is 1.58 bits per heavy atom. The van der Waals surface area contributed by atoms with E-state index >= 15 is 0 Å². The Morgan fingerprint density at radius 2 is 2.42 bits per heavy atom. The Balaban J connectivity index is 2.12. The summed E-state index contributed by atoms with van der Waals surface area (Å²) in [6.07, 6.45) is 2.72. The molecule has 1 aliphatic heterocycles. The van der Waals surface area contributed by atoms with Crippen molar-refractivity contribution < 1.29 is 0 Å². The van der Waals surface area contributed by atoms with E-state index in [4.69, 9.17) is 5.73 Å². The minimum Gasteiger partial charge on any atom is -0.329 e. The molecule has 0 unspecified atom stereocenters. The van der Waals surface area contributed by atoms with Gasteiger partial charge in [-0.25, -0.2) is 0 Å². The number of hydrogen-bond donors (Lipinski definition) is 2. The van der Waals surface area contributed by atoms with Gasteiger partial charge in [-0.3, -0.25) is 4.90 Å². The summed E-state index contributed by atoms with van der Waals surface area (Å²) in [4.78, 5) is 2.55. The van der Waals surface area contributed by atoms with Crippen molar-refractivity contribution in [1.82, 2.24) is 10.2 Å². The van der Waals surface area contributed by atoms with Gasteiger partial charge in [0, 0.05) is 25.7 Å². The van der Waals surface area contributed by atoms with Crippen LogP contribution in [0.15, 0.2) is 0 Å². The monoisotopic (exact) mass is 171 g/mol. The summed E-state index contributed by atoms with van der Waals surface area (Å²) in [6.45, 7) is 7.53. The quantitative estimate of drug-likeness (QED) is 0.573. The van der Waals surface area contributed by atoms with Gasteiger partial charge in [0.1, 0.15) is 0 Å². The van der Waals surface area contributed by atoms with Crippen LogP contribution in [0.5, 0.6) is 0 Å². The van der Waals surface area contributed by atoms with E-state index in [0.717, 1.165) is 25.7 Å². The largest absolute Gasteiger partial charge is 0.329 e. The number of rotatable bonds is 5. The standard InChI is InChI=1S/C9H21N3/c1-2-12-7-3-4-9(12)8-11-6-5-10/h9,11H,2-8,10H2,1H3/t9-/m0/s1. The molecule has 0 aliphatic carbocycles. The van der Waals surface area contributed by atoms with Crippen molar-refractivity contribution in [3.63, 3.8) is 0 Å². The average Bonchev–Trinajstić information content (AvgIpc) is 2.52. The molecule has 1 atom stereocenters. The molecule has 1 fully saturated rings. The summed E-state index contributed by atoms with van der Waals surface area (Å²) in [5.41, 5.74) is 5.40. The fourth-order valence-electron chi connectivity index (χ4n) is 1.91. The van der Waals surface area contributed by atoms with Crippen LogP contribution < -0.4 is 11.1 Å². The van der Waals surface area contributed by atoms with Crippen molar-refractivity contribution in [2.75, 3.05) is 32.7 Å². The molecule has 0 bridgehead atoms. The van der Waals surface area contributed by atoms with E-state index in [0.29, 0.717) is 0 Å². The Bertz CT molecular complexity index is 116. The smallest absolute Gasteiger partial charge is 0.0221 e. The van der Waals surface area contributed by atoms with E-state index in [9.17, 15) is 0 Å². The molecule has 0 aromatic carbocycles. The Kier molecular flexibility index (Phi) is 4.58. The predicted octanol–water partition coefficient (Wildman–Crippen LogP) is 0.0190. The third-order valence-corrected chi connectivity index (χ3v) is 2.61. The summed E-state index contributed by atoms with van der Waals surface area (Å²) in [5.74, 6) is 0. The molecular formula is C9H21N3. The average molecular weight is 171 g/mol. The van der Waals surface area contributed by atoms with Crippen LogP contribution in [0.2, 0.25) is 0 Å². The first kappa shape index (κ1) is 9.96. The van der Waals surface area contributed by atoms with Gasteiger partial charge in [-0.15, -0.1) is 0 Å². The predicted molar refractivity (Wildman–Crippen MR) is 52.2 cm³/mol. The van der Waals surface area contributed by atoms with Gasteiger partial charge in [0.2, 0.25) is 0 Å². The van der Waals surface area contributed by atoms with Crippen molar-refractivity contribution in [2.24, 2.45) is 5.73 Å². The van der Waals surface area contributed by atoms with Gasteiger partial charge in [-0.2, -0.15) is 0 Å². The van der Waals surface area contributed by atoms with Crippen LogP contribution >= 0.6 is 0 Å². The van der Waals surface area contributed by atoms with Crippen LogP contribution in [0.1, 0.15) is 19.8 Å². The van der Waals surface area contributed by atoms with E-state index in [1.165, 1.54) is 25.9 Å². The molecule has 1 rings (SSSR count). The molecule has 3 nitrogen and oxygen atoms in total. The highest BCUT2D eigenvalue weighted by atomic mass is 15.2. The van der Waals surface area contributed by atoms with E-state index < -0.39 is 0 Å². The highest BCUT2D eigenvalue weighted by Crippen LogP contribution is 2.15. The van der Waals surface area contributed by atoms with E-state index in [2.05, 4.69) is 17.1 Å². The number of likely N-dealkylation sites (tertiary alicyclic amines) is 1. The van der Waals surface area contributed by atoms with Crippen molar-refractivity contribution in [2.45, 2.75) is 25.8 Å². The number of nitrogens with zero attached hydrogens (tertiary/aromatic N) is 1. The molecular weight excluding hydrogens is 150 g/mol. The highest BCUT2D eigenvalue weighted by Gasteiger charge is 2.21. The topological polar surface area (TPSA) is 41.3 Å². The lowest BCUT2D eigenvalue weighted by molar-refractivity contribution is 0.261. The van der Waals surface area contributed by atoms with Crippen molar-refractivity contribution in [3.8, 4) is 0 Å². The van der Waals surface area contributed by atoms with E-state index in [-0.39, 0.29) is 0 Å². The molecule has 1 saturated heterocycles. The maximum Gasteiger partial charge on any atom is 0.0221 e. The number of hydrogen-bond acceptors (Lipinski definition) is 3. The van der Waals surface area contributed by atoms with Gasteiger partial charge in [-0.1, -0.05) is 6.92 Å². The second-order valence-electron chi connectivity index (χ2n) is 3.42. The maximum atomic E-state index is 5.40. The molecule has 1 aliphatic rings. The lowest BCUT2D eigenvalue weighted by Gasteiger charge is -2.22. The van der Waals surface area contributed by atoms with Crippen LogP contribution in [-0.4, -0.2) is 43.7 Å². The molecule has 0 radical (unpaired) electrons. The third kappa shape index (κ3) is 2.73. The van der Waals surface area contributed by atoms with Crippen molar-refractivity contribution >= 4 is 0 Å². The lowest BCUT2D eigenvalue weighted by atomic mass is 10.2. The second-order valence-corrected chi connectivity index (χ2v) is 3.42. The summed E-state index contributed by atoms with van der Waals surface area (Å²) in [7, 11) is 0. The zero-order valence-electron chi connectivity index (χ0n) is 8.05. The van der Waals surface area contributed by atoms with Crippen LogP contribution in [0.3, 0.4) is 0 Å². The molecule has 1 heterocycles. The molecule has 3 N–H and O–H groups in total. The first-order valence-corrected chi connectivity index (χ1v) is 5.03. The molecule has 0 spiro atoms. The maximum absolute atomic E-state index is 5.40. The van der Waals surface area contributed by atoms with Gasteiger partial charge in [0.15, 0.2) is 0 Å².